The van der Waals surface area contributed by atoms with E-state index >= 15 is 0 Å². The number of ketones is 1. The van der Waals surface area contributed by atoms with Gasteiger partial charge in [0.25, 0.3) is 0 Å². The van der Waals surface area contributed by atoms with E-state index in [1.807, 2.05) is 54.6 Å². The van der Waals surface area contributed by atoms with Crippen LogP contribution in [0.3, 0.4) is 0 Å². The fourth-order valence-corrected chi connectivity index (χ4v) is 4.11. The van der Waals surface area contributed by atoms with Gasteiger partial charge in [0.2, 0.25) is 0 Å². The SMILES string of the molecule is Cc1cc(C)c2c3c(c(-c4ccccc4)nc2c1)C(=O)c1ccccc1-3. The Bertz CT molecular complexity index is 1210. The molecule has 26 heavy (non-hydrogen) atoms. The Balaban J connectivity index is 2.01. The van der Waals surface area contributed by atoms with Crippen molar-refractivity contribution in [3.63, 3.8) is 0 Å². The second-order valence-electron chi connectivity index (χ2n) is 6.93. The first-order chi connectivity index (χ1) is 12.6. The molecule has 0 atom stereocenters. The summed E-state index contributed by atoms with van der Waals surface area (Å²) in [7, 11) is 0. The molecule has 1 heterocycles. The molecule has 0 radical (unpaired) electrons. The highest BCUT2D eigenvalue weighted by Gasteiger charge is 2.32. The Morgan fingerprint density at radius 1 is 0.769 bits per heavy atom. The zero-order valence-electron chi connectivity index (χ0n) is 14.7. The molecule has 0 saturated carbocycles. The molecule has 124 valence electrons. The van der Waals surface area contributed by atoms with E-state index in [9.17, 15) is 4.79 Å². The summed E-state index contributed by atoms with van der Waals surface area (Å²) in [6.07, 6.45) is 0. The first-order valence-corrected chi connectivity index (χ1v) is 8.79. The number of aromatic nitrogens is 1. The molecule has 0 spiro atoms. The quantitative estimate of drug-likeness (QED) is 0.391. The van der Waals surface area contributed by atoms with Crippen molar-refractivity contribution in [2.75, 3.05) is 0 Å². The van der Waals surface area contributed by atoms with E-state index in [1.165, 1.54) is 5.56 Å². The molecule has 4 aromatic rings. The standard InChI is InChI=1S/C24H17NO/c1-14-12-15(2)20-19(13-14)25-23(16-8-4-3-5-9-16)22-21(20)17-10-6-7-11-18(17)24(22)26/h3-13H,1-2H3. The highest BCUT2D eigenvalue weighted by Crippen LogP contribution is 2.45. The first-order valence-electron chi connectivity index (χ1n) is 8.79. The van der Waals surface area contributed by atoms with E-state index in [2.05, 4.69) is 26.0 Å². The molecule has 5 rings (SSSR count). The van der Waals surface area contributed by atoms with Gasteiger partial charge in [-0.2, -0.15) is 0 Å². The summed E-state index contributed by atoms with van der Waals surface area (Å²) < 4.78 is 0. The third kappa shape index (κ3) is 1.99. The maximum Gasteiger partial charge on any atom is 0.196 e. The van der Waals surface area contributed by atoms with Crippen LogP contribution < -0.4 is 0 Å². The van der Waals surface area contributed by atoms with E-state index < -0.39 is 0 Å². The van der Waals surface area contributed by atoms with Crippen molar-refractivity contribution in [2.45, 2.75) is 13.8 Å². The summed E-state index contributed by atoms with van der Waals surface area (Å²) in [6.45, 7) is 4.19. The zero-order chi connectivity index (χ0) is 17.8. The lowest BCUT2D eigenvalue weighted by molar-refractivity contribution is 0.104. The van der Waals surface area contributed by atoms with Crippen LogP contribution in [0.2, 0.25) is 0 Å². The van der Waals surface area contributed by atoms with Gasteiger partial charge >= 0.3 is 0 Å². The molecule has 0 fully saturated rings. The summed E-state index contributed by atoms with van der Waals surface area (Å²) in [4.78, 5) is 18.2. The summed E-state index contributed by atoms with van der Waals surface area (Å²) in [5.74, 6) is 0.0730. The number of hydrogen-bond acceptors (Lipinski definition) is 2. The second-order valence-corrected chi connectivity index (χ2v) is 6.93. The van der Waals surface area contributed by atoms with E-state index in [0.29, 0.717) is 0 Å². The molecule has 0 aliphatic heterocycles. The number of carbonyl (C=O) groups excluding carboxylic acids is 1. The molecule has 2 nitrogen and oxygen atoms in total. The van der Waals surface area contributed by atoms with Crippen LogP contribution in [-0.2, 0) is 0 Å². The van der Waals surface area contributed by atoms with Crippen LogP contribution in [0.25, 0.3) is 33.3 Å². The molecule has 3 aromatic carbocycles. The molecule has 0 N–H and O–H groups in total. The van der Waals surface area contributed by atoms with Crippen molar-refractivity contribution in [3.05, 3.63) is 89.0 Å². The van der Waals surface area contributed by atoms with Crippen LogP contribution in [-0.4, -0.2) is 10.8 Å². The van der Waals surface area contributed by atoms with Crippen molar-refractivity contribution >= 4 is 16.7 Å². The molecular weight excluding hydrogens is 318 g/mol. The molecule has 2 heteroatoms. The van der Waals surface area contributed by atoms with Gasteiger partial charge in [-0.05, 0) is 36.6 Å². The number of aryl methyl sites for hydroxylation is 2. The van der Waals surface area contributed by atoms with E-state index in [0.717, 1.165) is 50.0 Å². The van der Waals surface area contributed by atoms with Gasteiger partial charge in [0, 0.05) is 22.1 Å². The van der Waals surface area contributed by atoms with Crippen LogP contribution in [0.1, 0.15) is 27.0 Å². The van der Waals surface area contributed by atoms with Crippen LogP contribution in [0.4, 0.5) is 0 Å². The third-order valence-corrected chi connectivity index (χ3v) is 5.14. The number of hydrogen-bond donors (Lipinski definition) is 0. The molecule has 1 aromatic heterocycles. The predicted octanol–water partition coefficient (Wildman–Crippen LogP) is 5.73. The Morgan fingerprint density at radius 2 is 1.46 bits per heavy atom. The number of carbonyl (C=O) groups is 1. The van der Waals surface area contributed by atoms with Crippen LogP contribution >= 0.6 is 0 Å². The monoisotopic (exact) mass is 335 g/mol. The third-order valence-electron chi connectivity index (χ3n) is 5.14. The highest BCUT2D eigenvalue weighted by molar-refractivity contribution is 6.28. The lowest BCUT2D eigenvalue weighted by Crippen LogP contribution is -2.02. The lowest BCUT2D eigenvalue weighted by atomic mass is 9.93. The van der Waals surface area contributed by atoms with Crippen molar-refractivity contribution in [1.29, 1.82) is 0 Å². The highest BCUT2D eigenvalue weighted by atomic mass is 16.1. The van der Waals surface area contributed by atoms with Gasteiger partial charge in [-0.25, -0.2) is 4.98 Å². The molecule has 0 amide bonds. The van der Waals surface area contributed by atoms with Gasteiger partial charge in [0.15, 0.2) is 5.78 Å². The minimum absolute atomic E-state index is 0.0730. The molecule has 0 saturated heterocycles. The van der Waals surface area contributed by atoms with Crippen LogP contribution in [0.5, 0.6) is 0 Å². The Morgan fingerprint density at radius 3 is 2.23 bits per heavy atom. The van der Waals surface area contributed by atoms with Gasteiger partial charge in [0.05, 0.1) is 16.8 Å². The zero-order valence-corrected chi connectivity index (χ0v) is 14.7. The summed E-state index contributed by atoms with van der Waals surface area (Å²) in [5.41, 5.74) is 8.60. The Kier molecular flexibility index (Phi) is 3.10. The Hall–Kier alpha value is -3.26. The summed E-state index contributed by atoms with van der Waals surface area (Å²) in [5, 5.41) is 1.09. The summed E-state index contributed by atoms with van der Waals surface area (Å²) >= 11 is 0. The smallest absolute Gasteiger partial charge is 0.196 e. The normalized spacial score (nSPS) is 12.3. The van der Waals surface area contributed by atoms with E-state index in [-0.39, 0.29) is 5.78 Å². The van der Waals surface area contributed by atoms with E-state index in [1.54, 1.807) is 0 Å². The average Bonchev–Trinajstić information content (AvgIpc) is 2.95. The summed E-state index contributed by atoms with van der Waals surface area (Å²) in [6, 6.07) is 22.2. The second kappa shape index (κ2) is 5.37. The maximum absolute atomic E-state index is 13.3. The largest absolute Gasteiger partial charge is 0.288 e. The van der Waals surface area contributed by atoms with Crippen molar-refractivity contribution in [1.82, 2.24) is 4.98 Å². The van der Waals surface area contributed by atoms with Gasteiger partial charge in [-0.3, -0.25) is 4.79 Å². The Labute approximate surface area is 152 Å². The first kappa shape index (κ1) is 15.0. The van der Waals surface area contributed by atoms with Crippen LogP contribution in [0, 0.1) is 13.8 Å². The minimum atomic E-state index is 0.0730. The molecule has 1 aliphatic carbocycles. The number of rotatable bonds is 1. The van der Waals surface area contributed by atoms with Gasteiger partial charge in [-0.15, -0.1) is 0 Å². The molecular formula is C24H17NO. The van der Waals surface area contributed by atoms with E-state index in [4.69, 9.17) is 4.98 Å². The van der Waals surface area contributed by atoms with Crippen LogP contribution in [0.15, 0.2) is 66.7 Å². The van der Waals surface area contributed by atoms with Crippen molar-refractivity contribution in [2.24, 2.45) is 0 Å². The minimum Gasteiger partial charge on any atom is -0.288 e. The van der Waals surface area contributed by atoms with Gasteiger partial charge in [-0.1, -0.05) is 60.7 Å². The number of pyridine rings is 1. The lowest BCUT2D eigenvalue weighted by Gasteiger charge is -2.14. The van der Waals surface area contributed by atoms with Crippen molar-refractivity contribution in [3.8, 4) is 22.4 Å². The number of nitrogens with zero attached hydrogens (tertiary/aromatic N) is 1. The average molecular weight is 335 g/mol. The topological polar surface area (TPSA) is 30.0 Å². The molecule has 0 bridgehead atoms. The predicted molar refractivity (Wildman–Crippen MR) is 106 cm³/mol. The fraction of sp³-hybridized carbons (Fsp3) is 0.0833. The van der Waals surface area contributed by atoms with Crippen molar-refractivity contribution < 1.29 is 4.79 Å². The maximum atomic E-state index is 13.3. The molecule has 1 aliphatic rings. The van der Waals surface area contributed by atoms with Gasteiger partial charge in [0.1, 0.15) is 0 Å². The number of benzene rings is 3. The number of fused-ring (bicyclic) bond motifs is 5. The fourth-order valence-electron chi connectivity index (χ4n) is 4.11. The van der Waals surface area contributed by atoms with Gasteiger partial charge < -0.3 is 0 Å². The molecule has 0 unspecified atom stereocenters.